The summed E-state index contributed by atoms with van der Waals surface area (Å²) < 4.78 is 0. The maximum absolute atomic E-state index is 11.1. The van der Waals surface area contributed by atoms with Gasteiger partial charge >= 0.3 is 5.97 Å². The van der Waals surface area contributed by atoms with Crippen molar-refractivity contribution < 1.29 is 9.90 Å². The van der Waals surface area contributed by atoms with E-state index in [0.717, 1.165) is 0 Å². The Balaban J connectivity index is 3.48. The summed E-state index contributed by atoms with van der Waals surface area (Å²) in [5.74, 6) is -1.35. The van der Waals surface area contributed by atoms with Crippen molar-refractivity contribution >= 4 is 11.9 Å². The molecule has 4 N–H and O–H groups in total. The molecule has 0 fully saturated rings. The lowest BCUT2D eigenvalue weighted by molar-refractivity contribution is 0.0693. The normalized spacial score (nSPS) is 9.92. The van der Waals surface area contributed by atoms with Gasteiger partial charge in [0, 0.05) is 0 Å². The van der Waals surface area contributed by atoms with Crippen molar-refractivity contribution in [3.63, 3.8) is 0 Å². The van der Waals surface area contributed by atoms with Crippen LogP contribution in [0.3, 0.4) is 0 Å². The van der Waals surface area contributed by atoms with Gasteiger partial charge in [-0.25, -0.2) is 9.78 Å². The number of carbonyl (C=O) groups is 1. The minimum atomic E-state index is -1.29. The zero-order valence-corrected chi connectivity index (χ0v) is 7.00. The van der Waals surface area contributed by atoms with Crippen LogP contribution in [0.5, 0.6) is 0 Å². The maximum atomic E-state index is 11.1. The predicted octanol–water partition coefficient (Wildman–Crippen LogP) is -0.387. The van der Waals surface area contributed by atoms with Gasteiger partial charge in [-0.3, -0.25) is 9.78 Å². The molecule has 0 saturated carbocycles. The number of aromatic nitrogens is 2. The zero-order valence-electron chi connectivity index (χ0n) is 7.00. The van der Waals surface area contributed by atoms with Crippen LogP contribution in [0.1, 0.15) is 23.0 Å². The van der Waals surface area contributed by atoms with Crippen LogP contribution < -0.4 is 11.3 Å². The molecule has 0 spiro atoms. The van der Waals surface area contributed by atoms with Crippen LogP contribution in [0.2, 0.25) is 0 Å². The Labute approximate surface area is 73.4 Å². The molecule has 0 aliphatic rings. The highest BCUT2D eigenvalue weighted by Gasteiger charge is 2.15. The van der Waals surface area contributed by atoms with E-state index in [1.54, 1.807) is 6.92 Å². The molecule has 1 rings (SSSR count). The third-order valence-corrected chi connectivity index (χ3v) is 1.56. The molecule has 0 atom stereocenters. The molecule has 0 unspecified atom stereocenters. The number of nitrogen functional groups attached to an aromatic ring is 1. The molecule has 1 heterocycles. The number of nitrogens with zero attached hydrogens (tertiary/aromatic N) is 1. The highest BCUT2D eigenvalue weighted by Crippen LogP contribution is 2.02. The average molecular weight is 183 g/mol. The maximum Gasteiger partial charge on any atom is 0.343 e. The molecule has 6 nitrogen and oxygen atoms in total. The van der Waals surface area contributed by atoms with Gasteiger partial charge in [0.25, 0.3) is 5.56 Å². The van der Waals surface area contributed by atoms with Gasteiger partial charge in [0.1, 0.15) is 5.56 Å². The molecule has 13 heavy (non-hydrogen) atoms. The van der Waals surface area contributed by atoms with E-state index in [1.165, 1.54) is 0 Å². The molecule has 0 bridgehead atoms. The van der Waals surface area contributed by atoms with Gasteiger partial charge in [0.15, 0.2) is 0 Å². The van der Waals surface area contributed by atoms with E-state index in [9.17, 15) is 9.59 Å². The van der Waals surface area contributed by atoms with Crippen molar-refractivity contribution in [1.82, 2.24) is 9.97 Å². The van der Waals surface area contributed by atoms with Crippen LogP contribution in [-0.4, -0.2) is 21.0 Å². The van der Waals surface area contributed by atoms with Gasteiger partial charge in [-0.1, -0.05) is 6.92 Å². The molecule has 0 saturated heterocycles. The predicted molar refractivity (Wildman–Crippen MR) is 45.6 cm³/mol. The Hall–Kier alpha value is -1.85. The van der Waals surface area contributed by atoms with Crippen molar-refractivity contribution in [2.45, 2.75) is 13.3 Å². The molecule has 0 amide bonds. The number of anilines is 1. The first-order valence-corrected chi connectivity index (χ1v) is 3.68. The Kier molecular flexibility index (Phi) is 2.32. The van der Waals surface area contributed by atoms with E-state index in [2.05, 4.69) is 9.97 Å². The number of nitrogens with one attached hydrogen (secondary N) is 1. The second-order valence-corrected chi connectivity index (χ2v) is 2.43. The molecular weight excluding hydrogens is 174 g/mol. The fourth-order valence-electron chi connectivity index (χ4n) is 1.02. The van der Waals surface area contributed by atoms with Crippen LogP contribution in [0.25, 0.3) is 0 Å². The molecule has 0 aliphatic carbocycles. The third kappa shape index (κ3) is 1.66. The fraction of sp³-hybridized carbons (Fsp3) is 0.286. The van der Waals surface area contributed by atoms with Crippen LogP contribution in [0.4, 0.5) is 5.95 Å². The second-order valence-electron chi connectivity index (χ2n) is 2.43. The molecule has 0 radical (unpaired) electrons. The van der Waals surface area contributed by atoms with Gasteiger partial charge in [-0.2, -0.15) is 0 Å². The summed E-state index contributed by atoms with van der Waals surface area (Å²) in [6.45, 7) is 1.70. The summed E-state index contributed by atoms with van der Waals surface area (Å²) in [5.41, 5.74) is 4.40. The summed E-state index contributed by atoms with van der Waals surface area (Å²) in [4.78, 5) is 27.6. The number of aromatic carboxylic acids is 1. The fourth-order valence-corrected chi connectivity index (χ4v) is 1.02. The minimum Gasteiger partial charge on any atom is -0.477 e. The number of nitrogens with two attached hydrogens (primary N) is 1. The van der Waals surface area contributed by atoms with Crippen molar-refractivity contribution in [3.8, 4) is 0 Å². The number of H-pyrrole nitrogens is 1. The number of hydrogen-bond donors (Lipinski definition) is 3. The summed E-state index contributed by atoms with van der Waals surface area (Å²) in [6, 6.07) is 0. The number of rotatable bonds is 2. The van der Waals surface area contributed by atoms with Gasteiger partial charge in [-0.05, 0) is 6.42 Å². The van der Waals surface area contributed by atoms with Crippen molar-refractivity contribution in [2.75, 3.05) is 5.73 Å². The molecule has 6 heteroatoms. The van der Waals surface area contributed by atoms with Crippen LogP contribution >= 0.6 is 0 Å². The largest absolute Gasteiger partial charge is 0.477 e. The number of carboxylic acid groups (broad SMARTS) is 1. The topological polar surface area (TPSA) is 109 Å². The number of aromatic amines is 1. The average Bonchev–Trinajstić information content (AvgIpc) is 2.01. The van der Waals surface area contributed by atoms with E-state index in [4.69, 9.17) is 10.8 Å². The lowest BCUT2D eigenvalue weighted by atomic mass is 10.2. The highest BCUT2D eigenvalue weighted by atomic mass is 16.4. The Bertz CT molecular complexity index is 396. The van der Waals surface area contributed by atoms with E-state index >= 15 is 0 Å². The molecule has 0 aromatic carbocycles. The van der Waals surface area contributed by atoms with Crippen LogP contribution in [-0.2, 0) is 6.42 Å². The quantitative estimate of drug-likeness (QED) is 0.578. The molecule has 0 aliphatic heterocycles. The van der Waals surface area contributed by atoms with Gasteiger partial charge < -0.3 is 10.8 Å². The monoisotopic (exact) mass is 183 g/mol. The summed E-state index contributed by atoms with van der Waals surface area (Å²) in [6.07, 6.45) is 0.357. The van der Waals surface area contributed by atoms with Gasteiger partial charge in [-0.15, -0.1) is 0 Å². The molecular formula is C7H9N3O3. The molecule has 1 aromatic rings. The SMILES string of the molecule is CCc1nc(N)[nH]c(=O)c1C(=O)O. The number of aryl methyl sites for hydroxylation is 1. The van der Waals surface area contributed by atoms with E-state index in [-0.39, 0.29) is 17.2 Å². The molecule has 1 aromatic heterocycles. The van der Waals surface area contributed by atoms with Crippen LogP contribution in [0.15, 0.2) is 4.79 Å². The van der Waals surface area contributed by atoms with Crippen LogP contribution in [0, 0.1) is 0 Å². The summed E-state index contributed by atoms with van der Waals surface area (Å²) >= 11 is 0. The first-order valence-electron chi connectivity index (χ1n) is 3.68. The summed E-state index contributed by atoms with van der Waals surface area (Å²) in [5, 5.41) is 8.67. The number of hydrogen-bond acceptors (Lipinski definition) is 4. The first kappa shape index (κ1) is 9.24. The summed E-state index contributed by atoms with van der Waals surface area (Å²) in [7, 11) is 0. The van der Waals surface area contributed by atoms with Crippen molar-refractivity contribution in [3.05, 3.63) is 21.6 Å². The lowest BCUT2D eigenvalue weighted by Gasteiger charge is -2.01. The van der Waals surface area contributed by atoms with Gasteiger partial charge in [0.2, 0.25) is 5.95 Å². The highest BCUT2D eigenvalue weighted by molar-refractivity contribution is 5.88. The smallest absolute Gasteiger partial charge is 0.343 e. The molecule has 70 valence electrons. The van der Waals surface area contributed by atoms with Gasteiger partial charge in [0.05, 0.1) is 5.69 Å². The van der Waals surface area contributed by atoms with Crippen molar-refractivity contribution in [1.29, 1.82) is 0 Å². The minimum absolute atomic E-state index is 0.0631. The standard InChI is InChI=1S/C7H9N3O3/c1-2-3-4(6(12)13)5(11)10-7(8)9-3/h2H2,1H3,(H,12,13)(H3,8,9,10,11). The van der Waals surface area contributed by atoms with E-state index in [0.29, 0.717) is 6.42 Å². The Morgan fingerprint density at radius 2 is 2.31 bits per heavy atom. The third-order valence-electron chi connectivity index (χ3n) is 1.56. The first-order chi connectivity index (χ1) is 6.06. The zero-order chi connectivity index (χ0) is 10.0. The van der Waals surface area contributed by atoms with E-state index in [1.807, 2.05) is 0 Å². The van der Waals surface area contributed by atoms with E-state index < -0.39 is 11.5 Å². The Morgan fingerprint density at radius 1 is 1.69 bits per heavy atom. The lowest BCUT2D eigenvalue weighted by Crippen LogP contribution is -2.23. The Morgan fingerprint density at radius 3 is 2.77 bits per heavy atom. The second kappa shape index (κ2) is 3.26. The van der Waals surface area contributed by atoms with Crippen molar-refractivity contribution in [2.24, 2.45) is 0 Å². The number of carboxylic acids is 1.